The van der Waals surface area contributed by atoms with Gasteiger partial charge in [0.25, 0.3) is 0 Å². The van der Waals surface area contributed by atoms with Crippen LogP contribution in [0.4, 0.5) is 22.7 Å². The maximum atomic E-state index is 12.3. The first-order valence-corrected chi connectivity index (χ1v) is 32.9. The Hall–Kier alpha value is -10.1. The first-order chi connectivity index (χ1) is 46.0. The van der Waals surface area contributed by atoms with E-state index in [2.05, 4.69) is 93.5 Å². The Morgan fingerprint density at radius 3 is 1.17 bits per heavy atom. The summed E-state index contributed by atoms with van der Waals surface area (Å²) < 4.78 is 31.4. The van der Waals surface area contributed by atoms with Gasteiger partial charge in [-0.05, 0) is 128 Å². The molecule has 7 N–H and O–H groups in total. The van der Waals surface area contributed by atoms with E-state index in [1.54, 1.807) is 38.6 Å². The highest BCUT2D eigenvalue weighted by Crippen LogP contribution is 2.38. The van der Waals surface area contributed by atoms with Crippen LogP contribution in [0.5, 0.6) is 0 Å². The van der Waals surface area contributed by atoms with Crippen molar-refractivity contribution in [3.8, 4) is 24.7 Å². The predicted octanol–water partition coefficient (Wildman–Crippen LogP) is 12.0. The number of esters is 6. The second-order valence-corrected chi connectivity index (χ2v) is 24.2. The van der Waals surface area contributed by atoms with Gasteiger partial charge in [-0.3, -0.25) is 9.59 Å². The summed E-state index contributed by atoms with van der Waals surface area (Å²) in [5, 5.41) is 14.0. The van der Waals surface area contributed by atoms with E-state index in [0.717, 1.165) is 107 Å². The summed E-state index contributed by atoms with van der Waals surface area (Å²) in [6, 6.07) is 8.69. The molecule has 0 unspecified atom stereocenters. The average molecular weight is 1300 g/mol. The number of hydrogen-bond acceptors (Lipinski definition) is 20. The van der Waals surface area contributed by atoms with E-state index in [1.165, 1.54) is 25.2 Å². The van der Waals surface area contributed by atoms with Crippen LogP contribution in [0.2, 0.25) is 0 Å². The summed E-state index contributed by atoms with van der Waals surface area (Å²) in [6.45, 7) is 13.0. The van der Waals surface area contributed by atoms with E-state index in [0.29, 0.717) is 96.3 Å². The first kappa shape index (κ1) is 69.2. The molecule has 0 aliphatic heterocycles. The summed E-state index contributed by atoms with van der Waals surface area (Å²) in [6.07, 6.45) is 34.9. The number of aromatic nitrogens is 8. The molecule has 0 aromatic carbocycles. The van der Waals surface area contributed by atoms with Gasteiger partial charge in [0.2, 0.25) is 0 Å². The number of terminal acetylenes is 2. The third kappa shape index (κ3) is 17.4. The number of carbonyl (C=O) groups excluding carboxylic acids is 6. The summed E-state index contributed by atoms with van der Waals surface area (Å²) in [5.74, 6) is 3.85. The zero-order chi connectivity index (χ0) is 67.5. The monoisotopic (exact) mass is 1300 g/mol. The minimum absolute atomic E-state index is 0.0179. The second-order valence-electron chi connectivity index (χ2n) is 24.2. The Kier molecular flexibility index (Phi) is 24.2. The Bertz CT molecular complexity index is 3920. The van der Waals surface area contributed by atoms with E-state index < -0.39 is 11.9 Å². The zero-order valence-corrected chi connectivity index (χ0v) is 55.1. The van der Waals surface area contributed by atoms with Crippen LogP contribution in [0.1, 0.15) is 173 Å². The molecule has 8 atom stereocenters. The van der Waals surface area contributed by atoms with Gasteiger partial charge >= 0.3 is 35.8 Å². The van der Waals surface area contributed by atoms with Crippen molar-refractivity contribution >= 4 is 103 Å². The van der Waals surface area contributed by atoms with Gasteiger partial charge in [0.05, 0.1) is 49.2 Å². The SMILES string of the molecule is C#CCC(=O)O[C@@H]1CC[C@@H](Nc2c(C(=O)OCC)cnc3[nH]ccc23)C1.C#CCC(=O)O[C@H]1CC[C@H](Nc2c(C(=O)OCC)cnc3[nH]ccc23)C1.CCOC(=O)c1cnc2[nH]ccc2c1N(C)[C@H]1CC[C@H](C)C1.CCOC(=O)c1cnc2[nH]ccc2c1N[C@@H]1CC[C@@H](C)C1. The highest BCUT2D eigenvalue weighted by molar-refractivity contribution is 6.07. The summed E-state index contributed by atoms with van der Waals surface area (Å²) in [7, 11) is 2.08. The molecule has 8 aromatic rings. The Balaban J connectivity index is 0.000000149. The summed E-state index contributed by atoms with van der Waals surface area (Å²) >= 11 is 0. The quantitative estimate of drug-likeness (QED) is 0.0212. The molecule has 0 radical (unpaired) electrons. The molecular weight excluding hydrogens is 1210 g/mol. The minimum Gasteiger partial charge on any atom is -0.462 e. The minimum atomic E-state index is -0.416. The highest BCUT2D eigenvalue weighted by Gasteiger charge is 2.33. The number of carbonyl (C=O) groups is 6. The van der Waals surface area contributed by atoms with Crippen LogP contribution in [0, 0.1) is 36.5 Å². The van der Waals surface area contributed by atoms with Crippen molar-refractivity contribution in [2.45, 2.75) is 168 Å². The average Bonchev–Trinajstić information content (AvgIpc) is 1.76. The lowest BCUT2D eigenvalue weighted by atomic mass is 10.1. The number of nitrogens with one attached hydrogen (secondary N) is 7. The molecule has 4 aliphatic carbocycles. The first-order valence-electron chi connectivity index (χ1n) is 32.9. The summed E-state index contributed by atoms with van der Waals surface area (Å²) in [4.78, 5) is 104. The lowest BCUT2D eigenvalue weighted by molar-refractivity contribution is -0.148. The van der Waals surface area contributed by atoms with Crippen molar-refractivity contribution in [2.24, 2.45) is 11.8 Å². The number of rotatable bonds is 20. The van der Waals surface area contributed by atoms with Crippen LogP contribution < -0.4 is 20.9 Å². The highest BCUT2D eigenvalue weighted by atomic mass is 16.6. The number of aromatic amines is 4. The molecule has 12 rings (SSSR count). The van der Waals surface area contributed by atoms with Gasteiger partial charge in [-0.15, -0.1) is 12.8 Å². The number of nitrogens with zero attached hydrogens (tertiary/aromatic N) is 5. The number of pyridine rings is 4. The smallest absolute Gasteiger partial charge is 0.341 e. The normalized spacial score (nSPS) is 20.1. The fraction of sp³-hybridized carbons (Fsp3) is 0.465. The molecule has 0 spiro atoms. The van der Waals surface area contributed by atoms with E-state index in [9.17, 15) is 28.8 Å². The molecule has 4 saturated carbocycles. The Morgan fingerprint density at radius 2 is 0.811 bits per heavy atom. The van der Waals surface area contributed by atoms with Crippen molar-refractivity contribution in [3.05, 3.63) is 96.1 Å². The van der Waals surface area contributed by atoms with Crippen LogP contribution >= 0.6 is 0 Å². The molecule has 0 amide bonds. The number of anilines is 4. The van der Waals surface area contributed by atoms with E-state index in [-0.39, 0.29) is 61.0 Å². The predicted molar refractivity (Wildman–Crippen MR) is 363 cm³/mol. The third-order valence-electron chi connectivity index (χ3n) is 17.5. The molecule has 4 fully saturated rings. The Morgan fingerprint density at radius 1 is 0.474 bits per heavy atom. The van der Waals surface area contributed by atoms with Gasteiger partial charge in [-0.1, -0.05) is 25.7 Å². The maximum Gasteiger partial charge on any atom is 0.341 e. The van der Waals surface area contributed by atoms with Gasteiger partial charge in [0.15, 0.2) is 0 Å². The fourth-order valence-electron chi connectivity index (χ4n) is 13.0. The molecular formula is C71H86N12O12. The van der Waals surface area contributed by atoms with Gasteiger partial charge in [0, 0.05) is 115 Å². The molecule has 95 heavy (non-hydrogen) atoms. The van der Waals surface area contributed by atoms with Crippen molar-refractivity contribution in [2.75, 3.05) is 54.3 Å². The number of ether oxygens (including phenoxy) is 6. The van der Waals surface area contributed by atoms with Crippen molar-refractivity contribution in [3.63, 3.8) is 0 Å². The second kappa shape index (κ2) is 33.1. The topological polar surface area (TPSA) is 312 Å². The lowest BCUT2D eigenvalue weighted by Gasteiger charge is -2.29. The van der Waals surface area contributed by atoms with Crippen LogP contribution in [0.15, 0.2) is 73.8 Å². The van der Waals surface area contributed by atoms with E-state index >= 15 is 0 Å². The van der Waals surface area contributed by atoms with Crippen molar-refractivity contribution in [1.82, 2.24) is 39.9 Å². The van der Waals surface area contributed by atoms with Gasteiger partial charge in [-0.2, -0.15) is 0 Å². The van der Waals surface area contributed by atoms with Crippen LogP contribution in [-0.2, 0) is 38.0 Å². The maximum absolute atomic E-state index is 12.3. The van der Waals surface area contributed by atoms with Crippen molar-refractivity contribution < 1.29 is 57.2 Å². The standard InChI is InChI=1S/2C19H21N3O4.C17H23N3O2.C16H21N3O2/c2*1-3-5-16(23)26-13-7-6-12(10-13)22-17-14-8-9-20-18(14)21-11-15(17)19(24)25-4-2;1-4-22-17(21)14-10-19-16-13(7-8-18-16)15(14)20(3)12-6-5-11(2)9-12;1-3-21-16(20)13-9-18-15-12(6-7-17-15)14(13)19-11-5-4-10(2)8-11/h2*1,8-9,11-13H,4-7,10H2,2H3,(H2,20,21,22);7-8,10-12H,4-6,9H2,1-3H3,(H,18,19);6-7,9-11H,3-5,8H2,1-2H3,(H2,17,18,19)/t2*12-,13-;11-,12-;10-,11-/m1001/s1. The van der Waals surface area contributed by atoms with E-state index in [1.807, 2.05) is 50.5 Å². The number of hydrogen-bond donors (Lipinski definition) is 7. The van der Waals surface area contributed by atoms with Gasteiger partial charge in [-0.25, -0.2) is 39.1 Å². The summed E-state index contributed by atoms with van der Waals surface area (Å²) in [5.41, 5.74) is 8.00. The van der Waals surface area contributed by atoms with Crippen LogP contribution in [0.3, 0.4) is 0 Å². The molecule has 4 aliphatic rings. The fourth-order valence-corrected chi connectivity index (χ4v) is 13.0. The molecule has 502 valence electrons. The van der Waals surface area contributed by atoms with Crippen molar-refractivity contribution in [1.29, 1.82) is 0 Å². The molecule has 24 nitrogen and oxygen atoms in total. The Labute approximate surface area is 552 Å². The molecule has 0 bridgehead atoms. The lowest BCUT2D eigenvalue weighted by Crippen LogP contribution is -2.31. The molecule has 8 heterocycles. The zero-order valence-electron chi connectivity index (χ0n) is 55.1. The van der Waals surface area contributed by atoms with Crippen LogP contribution in [0.25, 0.3) is 44.1 Å². The molecule has 0 saturated heterocycles. The third-order valence-corrected chi connectivity index (χ3v) is 17.5. The van der Waals surface area contributed by atoms with Crippen LogP contribution in [-0.4, -0.2) is 146 Å². The van der Waals surface area contributed by atoms with Gasteiger partial charge < -0.3 is 69.2 Å². The number of H-pyrrole nitrogens is 4. The molecule has 8 aromatic heterocycles. The number of fused-ring (bicyclic) bond motifs is 4. The molecule has 24 heteroatoms. The van der Waals surface area contributed by atoms with Gasteiger partial charge in [0.1, 0.15) is 69.9 Å². The largest absolute Gasteiger partial charge is 0.462 e. The van der Waals surface area contributed by atoms with E-state index in [4.69, 9.17) is 41.3 Å².